The monoisotopic (exact) mass is 626 g/mol. The lowest BCUT2D eigenvalue weighted by molar-refractivity contribution is -0.113. The normalized spacial score (nSPS) is 23.9. The quantitative estimate of drug-likeness (QED) is 0.174. The van der Waals surface area contributed by atoms with Crippen LogP contribution in [0.5, 0.6) is 5.75 Å². The van der Waals surface area contributed by atoms with E-state index in [0.29, 0.717) is 42.5 Å². The topological polar surface area (TPSA) is 114 Å². The van der Waals surface area contributed by atoms with E-state index in [2.05, 4.69) is 0 Å². The molecule has 4 aromatic carbocycles. The SMILES string of the molecule is CN1C(=O)N(c2ccccc2)C(c2ccc(-c3ccc(C4CC(O)CC(CO)O4)cc3)cc2O)C1CCC(O)c1ccc(F)cc1. The summed E-state index contributed by atoms with van der Waals surface area (Å²) in [4.78, 5) is 17.1. The lowest BCUT2D eigenvalue weighted by atomic mass is 9.90. The molecule has 0 aliphatic carbocycles. The van der Waals surface area contributed by atoms with Gasteiger partial charge in [0, 0.05) is 31.1 Å². The van der Waals surface area contributed by atoms with Gasteiger partial charge in [0.2, 0.25) is 0 Å². The number of urea groups is 1. The summed E-state index contributed by atoms with van der Waals surface area (Å²) >= 11 is 0. The molecule has 0 saturated carbocycles. The maximum atomic E-state index is 13.7. The third-order valence-electron chi connectivity index (χ3n) is 9.22. The average Bonchev–Trinajstić information content (AvgIpc) is 3.32. The van der Waals surface area contributed by atoms with E-state index < -0.39 is 24.4 Å². The first-order valence-corrected chi connectivity index (χ1v) is 15.7. The second-order valence-corrected chi connectivity index (χ2v) is 12.2. The van der Waals surface area contributed by atoms with Gasteiger partial charge in [-0.25, -0.2) is 9.18 Å². The number of aliphatic hydroxyl groups is 3. The number of carbonyl (C=O) groups excluding carboxylic acids is 1. The van der Waals surface area contributed by atoms with E-state index >= 15 is 0 Å². The van der Waals surface area contributed by atoms with Crippen LogP contribution < -0.4 is 4.90 Å². The van der Waals surface area contributed by atoms with Crippen molar-refractivity contribution in [1.29, 1.82) is 0 Å². The van der Waals surface area contributed by atoms with E-state index in [4.69, 9.17) is 4.74 Å². The number of amides is 2. The first-order chi connectivity index (χ1) is 22.2. The summed E-state index contributed by atoms with van der Waals surface area (Å²) in [5, 5.41) is 42.1. The van der Waals surface area contributed by atoms with Crippen molar-refractivity contribution in [3.05, 3.63) is 120 Å². The maximum Gasteiger partial charge on any atom is 0.325 e. The Morgan fingerprint density at radius 1 is 0.935 bits per heavy atom. The van der Waals surface area contributed by atoms with Gasteiger partial charge in [-0.2, -0.15) is 0 Å². The Bertz CT molecular complexity index is 1630. The first-order valence-electron chi connectivity index (χ1n) is 15.7. The van der Waals surface area contributed by atoms with Crippen LogP contribution in [-0.2, 0) is 4.74 Å². The molecular formula is C37H39FN2O6. The number of rotatable bonds is 9. The fourth-order valence-corrected chi connectivity index (χ4v) is 6.74. The van der Waals surface area contributed by atoms with Gasteiger partial charge in [0.05, 0.1) is 43.1 Å². The number of hydrogen-bond acceptors (Lipinski definition) is 6. The summed E-state index contributed by atoms with van der Waals surface area (Å²) in [5.74, 6) is -0.330. The van der Waals surface area contributed by atoms with Crippen LogP contribution in [0.25, 0.3) is 11.1 Å². The molecule has 2 heterocycles. The molecule has 2 saturated heterocycles. The Balaban J connectivity index is 1.27. The second-order valence-electron chi connectivity index (χ2n) is 12.2. The molecule has 6 atom stereocenters. The minimum Gasteiger partial charge on any atom is -0.508 e. The zero-order valence-corrected chi connectivity index (χ0v) is 25.6. The number of phenols is 1. The molecule has 240 valence electrons. The number of likely N-dealkylation sites (N-methyl/N-ethyl adjacent to an activating group) is 1. The van der Waals surface area contributed by atoms with Gasteiger partial charge in [0.15, 0.2) is 0 Å². The van der Waals surface area contributed by atoms with Gasteiger partial charge >= 0.3 is 6.03 Å². The number of para-hydroxylation sites is 1. The smallest absolute Gasteiger partial charge is 0.325 e. The molecule has 4 N–H and O–H groups in total. The average molecular weight is 627 g/mol. The van der Waals surface area contributed by atoms with Crippen LogP contribution in [0.4, 0.5) is 14.9 Å². The number of hydrogen-bond donors (Lipinski definition) is 4. The zero-order chi connectivity index (χ0) is 32.4. The fourth-order valence-electron chi connectivity index (χ4n) is 6.74. The summed E-state index contributed by atoms with van der Waals surface area (Å²) in [5.41, 5.74) is 4.45. The number of carbonyl (C=O) groups is 1. The number of aliphatic hydroxyl groups excluding tert-OH is 3. The molecule has 2 amide bonds. The van der Waals surface area contributed by atoms with Gasteiger partial charge in [-0.15, -0.1) is 0 Å². The van der Waals surface area contributed by atoms with Crippen molar-refractivity contribution in [3.63, 3.8) is 0 Å². The highest BCUT2D eigenvalue weighted by molar-refractivity contribution is 5.96. The predicted octanol–water partition coefficient (Wildman–Crippen LogP) is 6.27. The summed E-state index contributed by atoms with van der Waals surface area (Å²) in [6.07, 6.45) is -0.449. The van der Waals surface area contributed by atoms with Gasteiger partial charge in [-0.1, -0.05) is 66.7 Å². The fraction of sp³-hybridized carbons (Fsp3) is 0.324. The van der Waals surface area contributed by atoms with Crippen LogP contribution in [0, 0.1) is 5.82 Å². The van der Waals surface area contributed by atoms with E-state index in [-0.39, 0.29) is 36.4 Å². The molecule has 46 heavy (non-hydrogen) atoms. The van der Waals surface area contributed by atoms with Crippen LogP contribution in [0.3, 0.4) is 0 Å². The molecule has 2 aliphatic rings. The number of halogens is 1. The second kappa shape index (κ2) is 13.6. The van der Waals surface area contributed by atoms with Crippen LogP contribution in [0.1, 0.15) is 60.6 Å². The van der Waals surface area contributed by atoms with Crippen molar-refractivity contribution in [1.82, 2.24) is 4.90 Å². The number of benzene rings is 4. The Kier molecular flexibility index (Phi) is 9.37. The van der Waals surface area contributed by atoms with Crippen LogP contribution in [0.2, 0.25) is 0 Å². The number of nitrogens with zero attached hydrogens (tertiary/aromatic N) is 2. The lowest BCUT2D eigenvalue weighted by Gasteiger charge is -2.32. The molecule has 2 aliphatic heterocycles. The highest BCUT2D eigenvalue weighted by Gasteiger charge is 2.46. The van der Waals surface area contributed by atoms with Crippen molar-refractivity contribution in [3.8, 4) is 16.9 Å². The van der Waals surface area contributed by atoms with E-state index in [1.165, 1.54) is 12.1 Å². The molecule has 0 bridgehead atoms. The minimum absolute atomic E-state index is 0.0456. The summed E-state index contributed by atoms with van der Waals surface area (Å²) in [7, 11) is 1.73. The summed E-state index contributed by atoms with van der Waals surface area (Å²) in [6.45, 7) is -0.142. The highest BCUT2D eigenvalue weighted by Crippen LogP contribution is 2.44. The molecule has 2 fully saturated rings. The molecule has 6 rings (SSSR count). The Labute approximate surface area is 267 Å². The number of aromatic hydroxyl groups is 1. The van der Waals surface area contributed by atoms with Gasteiger partial charge < -0.3 is 30.1 Å². The molecule has 4 aromatic rings. The van der Waals surface area contributed by atoms with Gasteiger partial charge in [-0.05, 0) is 65.4 Å². The number of anilines is 1. The van der Waals surface area contributed by atoms with Crippen molar-refractivity contribution < 1.29 is 34.3 Å². The molecule has 0 radical (unpaired) electrons. The molecule has 6 unspecified atom stereocenters. The lowest BCUT2D eigenvalue weighted by Crippen LogP contribution is -2.33. The van der Waals surface area contributed by atoms with Crippen molar-refractivity contribution >= 4 is 11.7 Å². The minimum atomic E-state index is -0.841. The van der Waals surface area contributed by atoms with Crippen molar-refractivity contribution in [2.75, 3.05) is 18.6 Å². The van der Waals surface area contributed by atoms with E-state index in [1.807, 2.05) is 66.7 Å². The van der Waals surface area contributed by atoms with Gasteiger partial charge in [0.1, 0.15) is 11.6 Å². The molecule has 0 spiro atoms. The summed E-state index contributed by atoms with van der Waals surface area (Å²) in [6, 6.07) is 27.2. The maximum absolute atomic E-state index is 13.7. The van der Waals surface area contributed by atoms with Gasteiger partial charge in [-0.3, -0.25) is 4.90 Å². The largest absolute Gasteiger partial charge is 0.508 e. The van der Waals surface area contributed by atoms with Crippen molar-refractivity contribution in [2.24, 2.45) is 0 Å². The number of phenolic OH excluding ortho intramolecular Hbond substituents is 1. The molecule has 9 heteroatoms. The Morgan fingerprint density at radius 3 is 2.30 bits per heavy atom. The number of ether oxygens (including phenoxy) is 1. The molecule has 0 aromatic heterocycles. The summed E-state index contributed by atoms with van der Waals surface area (Å²) < 4.78 is 19.4. The Morgan fingerprint density at radius 2 is 1.63 bits per heavy atom. The molecular weight excluding hydrogens is 587 g/mol. The highest BCUT2D eigenvalue weighted by atomic mass is 19.1. The predicted molar refractivity (Wildman–Crippen MR) is 173 cm³/mol. The third-order valence-corrected chi connectivity index (χ3v) is 9.22. The van der Waals surface area contributed by atoms with Crippen molar-refractivity contribution in [2.45, 2.75) is 62.2 Å². The third kappa shape index (κ3) is 6.50. The Hall–Kier alpha value is -4.28. The van der Waals surface area contributed by atoms with E-state index in [9.17, 15) is 29.6 Å². The van der Waals surface area contributed by atoms with E-state index in [1.54, 1.807) is 35.0 Å². The standard InChI is InChI=1S/C37H39FN2O6/c1-39-32(17-18-33(43)24-11-14-27(38)15-12-24)36(40(37(39)45)28-5-3-2-4-6-28)31-16-13-26(19-34(31)44)23-7-9-25(10-8-23)35-21-29(42)20-30(22-41)46-35/h2-16,19,29-30,32-33,35-36,41-44H,17-18,20-22H2,1H3. The first kappa shape index (κ1) is 31.7. The zero-order valence-electron chi connectivity index (χ0n) is 25.6. The van der Waals surface area contributed by atoms with Gasteiger partial charge in [0.25, 0.3) is 0 Å². The van der Waals surface area contributed by atoms with Crippen LogP contribution >= 0.6 is 0 Å². The van der Waals surface area contributed by atoms with E-state index in [0.717, 1.165) is 16.7 Å². The van der Waals surface area contributed by atoms with Crippen LogP contribution in [0.15, 0.2) is 97.1 Å². The molecule has 8 nitrogen and oxygen atoms in total. The van der Waals surface area contributed by atoms with Crippen LogP contribution in [-0.4, -0.2) is 63.3 Å².